The van der Waals surface area contributed by atoms with Crippen LogP contribution >= 0.6 is 0 Å². The normalized spacial score (nSPS) is 20.3. The van der Waals surface area contributed by atoms with Crippen LogP contribution < -0.4 is 4.90 Å². The van der Waals surface area contributed by atoms with Gasteiger partial charge < -0.3 is 9.80 Å². The maximum absolute atomic E-state index is 14.0. The van der Waals surface area contributed by atoms with E-state index in [1.165, 1.54) is 0 Å². The van der Waals surface area contributed by atoms with Crippen molar-refractivity contribution in [2.45, 2.75) is 25.8 Å². The van der Waals surface area contributed by atoms with E-state index in [0.717, 1.165) is 37.2 Å². The van der Waals surface area contributed by atoms with E-state index in [-0.39, 0.29) is 5.82 Å². The predicted octanol–water partition coefficient (Wildman–Crippen LogP) is 2.53. The molecule has 0 aliphatic carbocycles. The first-order valence-electron chi connectivity index (χ1n) is 6.31. The van der Waals surface area contributed by atoms with Crippen molar-refractivity contribution in [3.8, 4) is 0 Å². The summed E-state index contributed by atoms with van der Waals surface area (Å²) in [4.78, 5) is 4.37. The van der Waals surface area contributed by atoms with Gasteiger partial charge in [0.15, 0.2) is 0 Å². The molecule has 1 aromatic carbocycles. The van der Waals surface area contributed by atoms with Crippen molar-refractivity contribution in [1.29, 1.82) is 0 Å². The third-order valence-corrected chi connectivity index (χ3v) is 3.65. The van der Waals surface area contributed by atoms with Crippen molar-refractivity contribution in [2.75, 3.05) is 32.1 Å². The van der Waals surface area contributed by atoms with E-state index < -0.39 is 0 Å². The van der Waals surface area contributed by atoms with Crippen LogP contribution in [0.5, 0.6) is 0 Å². The second-order valence-electron chi connectivity index (χ2n) is 4.99. The van der Waals surface area contributed by atoms with Gasteiger partial charge in [-0.25, -0.2) is 4.39 Å². The Morgan fingerprint density at radius 3 is 2.71 bits per heavy atom. The Morgan fingerprint density at radius 1 is 1.41 bits per heavy atom. The van der Waals surface area contributed by atoms with E-state index >= 15 is 0 Å². The van der Waals surface area contributed by atoms with Crippen molar-refractivity contribution in [1.82, 2.24) is 4.90 Å². The second kappa shape index (κ2) is 5.05. The summed E-state index contributed by atoms with van der Waals surface area (Å²) in [5.74, 6) is -0.0799. The number of benzene rings is 1. The van der Waals surface area contributed by atoms with Crippen LogP contribution in [-0.2, 0) is 6.42 Å². The summed E-state index contributed by atoms with van der Waals surface area (Å²) in [5.41, 5.74) is 1.82. The number of likely N-dealkylation sites (N-methyl/N-ethyl adjacent to an activating group) is 1. The zero-order chi connectivity index (χ0) is 12.4. The number of hydrogen-bond acceptors (Lipinski definition) is 2. The molecular formula is C14H21FN2. The lowest BCUT2D eigenvalue weighted by Crippen LogP contribution is -2.31. The summed E-state index contributed by atoms with van der Waals surface area (Å²) in [6, 6.07) is 6.16. The number of nitrogens with zero attached hydrogens (tertiary/aromatic N) is 2. The first kappa shape index (κ1) is 12.4. The van der Waals surface area contributed by atoms with Crippen LogP contribution in [0.2, 0.25) is 0 Å². The molecule has 1 aliphatic heterocycles. The summed E-state index contributed by atoms with van der Waals surface area (Å²) >= 11 is 0. The van der Waals surface area contributed by atoms with E-state index in [4.69, 9.17) is 0 Å². The third-order valence-electron chi connectivity index (χ3n) is 3.65. The van der Waals surface area contributed by atoms with Gasteiger partial charge in [0, 0.05) is 19.1 Å². The molecule has 0 aromatic heterocycles. The van der Waals surface area contributed by atoms with Gasteiger partial charge in [0.2, 0.25) is 0 Å². The molecule has 2 nitrogen and oxygen atoms in total. The van der Waals surface area contributed by atoms with Crippen molar-refractivity contribution < 1.29 is 4.39 Å². The monoisotopic (exact) mass is 236 g/mol. The quantitative estimate of drug-likeness (QED) is 0.795. The van der Waals surface area contributed by atoms with Crippen LogP contribution in [0.3, 0.4) is 0 Å². The minimum Gasteiger partial charge on any atom is -0.368 e. The zero-order valence-electron chi connectivity index (χ0n) is 10.9. The Labute approximate surface area is 103 Å². The first-order valence-corrected chi connectivity index (χ1v) is 6.31. The number of anilines is 1. The zero-order valence-corrected chi connectivity index (χ0v) is 10.9. The van der Waals surface area contributed by atoms with Gasteiger partial charge in [-0.1, -0.05) is 13.0 Å². The van der Waals surface area contributed by atoms with Crippen molar-refractivity contribution in [3.63, 3.8) is 0 Å². The smallest absolute Gasteiger partial charge is 0.146 e. The van der Waals surface area contributed by atoms with Gasteiger partial charge in [-0.2, -0.15) is 0 Å². The molecule has 1 fully saturated rings. The van der Waals surface area contributed by atoms with Crippen LogP contribution in [0.25, 0.3) is 0 Å². The largest absolute Gasteiger partial charge is 0.368 e. The summed E-state index contributed by atoms with van der Waals surface area (Å²) in [6.07, 6.45) is 2.00. The summed E-state index contributed by atoms with van der Waals surface area (Å²) in [5, 5.41) is 0. The molecule has 3 heteroatoms. The van der Waals surface area contributed by atoms with Crippen LogP contribution in [0.1, 0.15) is 18.9 Å². The molecule has 17 heavy (non-hydrogen) atoms. The average Bonchev–Trinajstić information content (AvgIpc) is 2.78. The molecule has 1 aromatic rings. The minimum absolute atomic E-state index is 0.0799. The van der Waals surface area contributed by atoms with Gasteiger partial charge >= 0.3 is 0 Å². The van der Waals surface area contributed by atoms with E-state index in [9.17, 15) is 4.39 Å². The molecule has 94 valence electrons. The lowest BCUT2D eigenvalue weighted by molar-refractivity contribution is 0.315. The number of aryl methyl sites for hydroxylation is 1. The van der Waals surface area contributed by atoms with E-state index in [2.05, 4.69) is 23.9 Å². The first-order chi connectivity index (χ1) is 8.11. The Bertz CT molecular complexity index is 390. The highest BCUT2D eigenvalue weighted by Gasteiger charge is 2.25. The summed E-state index contributed by atoms with van der Waals surface area (Å²) in [6.45, 7) is 3.92. The third kappa shape index (κ3) is 2.60. The predicted molar refractivity (Wildman–Crippen MR) is 70.1 cm³/mol. The van der Waals surface area contributed by atoms with Crippen molar-refractivity contribution in [3.05, 3.63) is 29.6 Å². The molecule has 0 unspecified atom stereocenters. The van der Waals surface area contributed by atoms with E-state index in [1.807, 2.05) is 19.1 Å². The summed E-state index contributed by atoms with van der Waals surface area (Å²) < 4.78 is 14.0. The maximum Gasteiger partial charge on any atom is 0.146 e. The van der Waals surface area contributed by atoms with Crippen molar-refractivity contribution >= 4 is 5.69 Å². The Morgan fingerprint density at radius 2 is 2.18 bits per heavy atom. The van der Waals surface area contributed by atoms with Crippen LogP contribution in [0.4, 0.5) is 10.1 Å². The topological polar surface area (TPSA) is 6.48 Å². The fraction of sp³-hybridized carbons (Fsp3) is 0.571. The Kier molecular flexibility index (Phi) is 3.67. The molecule has 2 rings (SSSR count). The fourth-order valence-corrected chi connectivity index (χ4v) is 2.41. The average molecular weight is 236 g/mol. The Balaban J connectivity index is 2.13. The van der Waals surface area contributed by atoms with E-state index in [1.54, 1.807) is 6.07 Å². The second-order valence-corrected chi connectivity index (χ2v) is 4.99. The van der Waals surface area contributed by atoms with Gasteiger partial charge in [0.05, 0.1) is 5.69 Å². The number of rotatable bonds is 3. The van der Waals surface area contributed by atoms with Gasteiger partial charge in [-0.3, -0.25) is 0 Å². The Hall–Kier alpha value is -1.09. The van der Waals surface area contributed by atoms with Gasteiger partial charge in [-0.15, -0.1) is 0 Å². The highest BCUT2D eigenvalue weighted by Crippen LogP contribution is 2.25. The SMILES string of the molecule is CCc1ccc(N2CC[C@@H](N(C)C)C2)c(F)c1. The minimum atomic E-state index is -0.0799. The molecule has 1 atom stereocenters. The van der Waals surface area contributed by atoms with E-state index in [0.29, 0.717) is 6.04 Å². The molecule has 0 N–H and O–H groups in total. The molecule has 0 radical (unpaired) electrons. The lowest BCUT2D eigenvalue weighted by Gasteiger charge is -2.22. The van der Waals surface area contributed by atoms with Crippen LogP contribution in [0, 0.1) is 5.82 Å². The van der Waals surface area contributed by atoms with Gasteiger partial charge in [0.1, 0.15) is 5.82 Å². The van der Waals surface area contributed by atoms with Crippen LogP contribution in [-0.4, -0.2) is 38.1 Å². The standard InChI is InChI=1S/C14H21FN2/c1-4-11-5-6-14(13(15)9-11)17-8-7-12(10-17)16(2)3/h5-6,9,12H,4,7-8,10H2,1-3H3/t12-/m1/s1. The van der Waals surface area contributed by atoms with Crippen molar-refractivity contribution in [2.24, 2.45) is 0 Å². The fourth-order valence-electron chi connectivity index (χ4n) is 2.41. The maximum atomic E-state index is 14.0. The molecular weight excluding hydrogens is 215 g/mol. The highest BCUT2D eigenvalue weighted by atomic mass is 19.1. The molecule has 0 bridgehead atoms. The molecule has 1 aliphatic rings. The number of hydrogen-bond donors (Lipinski definition) is 0. The number of halogens is 1. The molecule has 0 amide bonds. The summed E-state index contributed by atoms with van der Waals surface area (Å²) in [7, 11) is 4.18. The molecule has 1 saturated heterocycles. The van der Waals surface area contributed by atoms with Crippen LogP contribution in [0.15, 0.2) is 18.2 Å². The molecule has 0 spiro atoms. The molecule has 0 saturated carbocycles. The van der Waals surface area contributed by atoms with Gasteiger partial charge in [-0.05, 0) is 44.6 Å². The highest BCUT2D eigenvalue weighted by molar-refractivity contribution is 5.50. The van der Waals surface area contributed by atoms with Gasteiger partial charge in [0.25, 0.3) is 0 Å². The molecule has 1 heterocycles. The lowest BCUT2D eigenvalue weighted by atomic mass is 10.1.